The van der Waals surface area contributed by atoms with Crippen LogP contribution >= 0.6 is 0 Å². The van der Waals surface area contributed by atoms with Crippen LogP contribution in [0.25, 0.3) is 0 Å². The average molecular weight is 341 g/mol. The van der Waals surface area contributed by atoms with E-state index in [4.69, 9.17) is 14.2 Å². The van der Waals surface area contributed by atoms with Crippen LogP contribution in [-0.2, 0) is 11.2 Å². The van der Waals surface area contributed by atoms with Crippen LogP contribution in [0.2, 0.25) is 0 Å². The van der Waals surface area contributed by atoms with Gasteiger partial charge in [0.15, 0.2) is 11.5 Å². The molecule has 1 unspecified atom stereocenters. The van der Waals surface area contributed by atoms with Gasteiger partial charge in [-0.05, 0) is 30.2 Å². The fourth-order valence-corrected chi connectivity index (χ4v) is 3.05. The van der Waals surface area contributed by atoms with Crippen molar-refractivity contribution in [3.8, 4) is 17.2 Å². The highest BCUT2D eigenvalue weighted by Gasteiger charge is 2.22. The molecule has 1 aliphatic heterocycles. The quantitative estimate of drug-likeness (QED) is 0.876. The van der Waals surface area contributed by atoms with Crippen molar-refractivity contribution in [3.63, 3.8) is 0 Å². The molecule has 2 aromatic carbocycles. The number of hydrogen-bond acceptors (Lipinski definition) is 4. The zero-order valence-corrected chi connectivity index (χ0v) is 14.6. The van der Waals surface area contributed by atoms with Crippen LogP contribution in [0.15, 0.2) is 42.5 Å². The van der Waals surface area contributed by atoms with Gasteiger partial charge in [-0.25, -0.2) is 0 Å². The van der Waals surface area contributed by atoms with Gasteiger partial charge >= 0.3 is 0 Å². The van der Waals surface area contributed by atoms with E-state index in [1.54, 1.807) is 14.2 Å². The molecule has 1 aliphatic rings. The number of rotatable bonds is 6. The molecule has 0 saturated heterocycles. The predicted octanol–water partition coefficient (Wildman–Crippen LogP) is 3.28. The molecule has 0 saturated carbocycles. The summed E-state index contributed by atoms with van der Waals surface area (Å²) in [6.45, 7) is 0.623. The molecule has 1 N–H and O–H groups in total. The van der Waals surface area contributed by atoms with Crippen LogP contribution in [0.4, 0.5) is 0 Å². The predicted molar refractivity (Wildman–Crippen MR) is 95.3 cm³/mol. The second-order valence-corrected chi connectivity index (χ2v) is 5.98. The molecular formula is C20H23NO4. The van der Waals surface area contributed by atoms with Crippen molar-refractivity contribution >= 4 is 5.91 Å². The Morgan fingerprint density at radius 1 is 1.16 bits per heavy atom. The number of carbonyl (C=O) groups is 1. The second kappa shape index (κ2) is 7.92. The smallest absolute Gasteiger partial charge is 0.220 e. The number of aryl methyl sites for hydroxylation is 1. The molecule has 1 atom stereocenters. The van der Waals surface area contributed by atoms with Gasteiger partial charge in [0.05, 0.1) is 26.9 Å². The van der Waals surface area contributed by atoms with Gasteiger partial charge in [0.1, 0.15) is 5.75 Å². The van der Waals surface area contributed by atoms with E-state index in [2.05, 4.69) is 5.32 Å². The summed E-state index contributed by atoms with van der Waals surface area (Å²) in [5, 5.41) is 3.12. The molecule has 0 fully saturated rings. The van der Waals surface area contributed by atoms with Gasteiger partial charge in [-0.2, -0.15) is 0 Å². The number of benzene rings is 2. The highest BCUT2D eigenvalue weighted by atomic mass is 16.5. The SMILES string of the molecule is COc1ccc(CCC(=O)NC2CCOc3ccccc32)cc1OC. The molecule has 0 spiro atoms. The second-order valence-electron chi connectivity index (χ2n) is 5.98. The van der Waals surface area contributed by atoms with Crippen molar-refractivity contribution in [1.29, 1.82) is 0 Å². The molecule has 2 aromatic rings. The van der Waals surface area contributed by atoms with Gasteiger partial charge in [0.2, 0.25) is 5.91 Å². The lowest BCUT2D eigenvalue weighted by atomic mass is 10.00. The molecule has 5 heteroatoms. The zero-order chi connectivity index (χ0) is 17.6. The van der Waals surface area contributed by atoms with E-state index in [1.807, 2.05) is 42.5 Å². The Morgan fingerprint density at radius 2 is 1.96 bits per heavy atom. The molecule has 1 heterocycles. The molecule has 1 amide bonds. The van der Waals surface area contributed by atoms with Crippen molar-refractivity contribution < 1.29 is 19.0 Å². The summed E-state index contributed by atoms with van der Waals surface area (Å²) in [5.41, 5.74) is 2.09. The molecule has 0 radical (unpaired) electrons. The van der Waals surface area contributed by atoms with Crippen LogP contribution in [0.3, 0.4) is 0 Å². The molecule has 0 aliphatic carbocycles. The number of hydrogen-bond donors (Lipinski definition) is 1. The summed E-state index contributed by atoms with van der Waals surface area (Å²) in [7, 11) is 3.22. The Kier molecular flexibility index (Phi) is 5.43. The fraction of sp³-hybridized carbons (Fsp3) is 0.350. The highest BCUT2D eigenvalue weighted by molar-refractivity contribution is 5.77. The molecule has 5 nitrogen and oxygen atoms in total. The summed E-state index contributed by atoms with van der Waals surface area (Å²) < 4.78 is 16.2. The first-order chi connectivity index (χ1) is 12.2. The van der Waals surface area contributed by atoms with Crippen molar-refractivity contribution in [2.24, 2.45) is 0 Å². The Morgan fingerprint density at radius 3 is 2.76 bits per heavy atom. The third-order valence-corrected chi connectivity index (χ3v) is 4.38. The van der Waals surface area contributed by atoms with E-state index in [1.165, 1.54) is 0 Å². The van der Waals surface area contributed by atoms with Crippen molar-refractivity contribution in [2.45, 2.75) is 25.3 Å². The number of para-hydroxylation sites is 1. The largest absolute Gasteiger partial charge is 0.493 e. The molecule has 132 valence electrons. The van der Waals surface area contributed by atoms with Gasteiger partial charge in [-0.3, -0.25) is 4.79 Å². The summed E-state index contributed by atoms with van der Waals surface area (Å²) in [5.74, 6) is 2.27. The Bertz CT molecular complexity index is 744. The maximum absolute atomic E-state index is 12.4. The van der Waals surface area contributed by atoms with E-state index in [0.29, 0.717) is 30.9 Å². The minimum atomic E-state index is 0.0165. The van der Waals surface area contributed by atoms with Gasteiger partial charge in [-0.1, -0.05) is 24.3 Å². The monoisotopic (exact) mass is 341 g/mol. The molecular weight excluding hydrogens is 318 g/mol. The van der Waals surface area contributed by atoms with Crippen LogP contribution in [0.1, 0.15) is 30.0 Å². The van der Waals surface area contributed by atoms with Gasteiger partial charge in [0, 0.05) is 18.4 Å². The summed E-state index contributed by atoms with van der Waals surface area (Å²) >= 11 is 0. The number of ether oxygens (including phenoxy) is 3. The van der Waals surface area contributed by atoms with E-state index < -0.39 is 0 Å². The topological polar surface area (TPSA) is 56.8 Å². The first-order valence-corrected chi connectivity index (χ1v) is 8.43. The maximum Gasteiger partial charge on any atom is 0.220 e. The maximum atomic E-state index is 12.4. The first-order valence-electron chi connectivity index (χ1n) is 8.43. The van der Waals surface area contributed by atoms with Crippen LogP contribution < -0.4 is 19.5 Å². The lowest BCUT2D eigenvalue weighted by Crippen LogP contribution is -2.32. The van der Waals surface area contributed by atoms with Gasteiger partial charge in [-0.15, -0.1) is 0 Å². The van der Waals surface area contributed by atoms with Gasteiger partial charge in [0.25, 0.3) is 0 Å². The molecule has 25 heavy (non-hydrogen) atoms. The Hall–Kier alpha value is -2.69. The first kappa shape index (κ1) is 17.1. The Balaban J connectivity index is 1.59. The summed E-state index contributed by atoms with van der Waals surface area (Å²) in [6.07, 6.45) is 1.87. The molecule has 0 aromatic heterocycles. The third-order valence-electron chi connectivity index (χ3n) is 4.38. The fourth-order valence-electron chi connectivity index (χ4n) is 3.05. The average Bonchev–Trinajstić information content (AvgIpc) is 2.66. The third kappa shape index (κ3) is 4.05. The van der Waals surface area contributed by atoms with E-state index in [-0.39, 0.29) is 11.9 Å². The van der Waals surface area contributed by atoms with Crippen LogP contribution in [-0.4, -0.2) is 26.7 Å². The standard InChI is InChI=1S/C20H23NO4/c1-23-18-9-7-14(13-19(18)24-2)8-10-20(22)21-16-11-12-25-17-6-4-3-5-15(16)17/h3-7,9,13,16H,8,10-12H2,1-2H3,(H,21,22). The lowest BCUT2D eigenvalue weighted by molar-refractivity contribution is -0.122. The molecule has 3 rings (SSSR count). The Labute approximate surface area is 147 Å². The molecule has 0 bridgehead atoms. The minimum Gasteiger partial charge on any atom is -0.493 e. The summed E-state index contributed by atoms with van der Waals surface area (Å²) in [6, 6.07) is 13.6. The van der Waals surface area contributed by atoms with Crippen molar-refractivity contribution in [2.75, 3.05) is 20.8 Å². The normalized spacial score (nSPS) is 15.7. The summed E-state index contributed by atoms with van der Waals surface area (Å²) in [4.78, 5) is 12.4. The number of carbonyl (C=O) groups excluding carboxylic acids is 1. The number of nitrogens with one attached hydrogen (secondary N) is 1. The van der Waals surface area contributed by atoms with Crippen molar-refractivity contribution in [1.82, 2.24) is 5.32 Å². The number of fused-ring (bicyclic) bond motifs is 1. The number of methoxy groups -OCH3 is 2. The van der Waals surface area contributed by atoms with Crippen LogP contribution in [0, 0.1) is 0 Å². The number of amides is 1. The van der Waals surface area contributed by atoms with Crippen molar-refractivity contribution in [3.05, 3.63) is 53.6 Å². The van der Waals surface area contributed by atoms with Gasteiger partial charge < -0.3 is 19.5 Å². The van der Waals surface area contributed by atoms with E-state index in [0.717, 1.165) is 23.3 Å². The zero-order valence-electron chi connectivity index (χ0n) is 14.6. The highest BCUT2D eigenvalue weighted by Crippen LogP contribution is 2.32. The minimum absolute atomic E-state index is 0.0165. The van der Waals surface area contributed by atoms with E-state index >= 15 is 0 Å². The van der Waals surface area contributed by atoms with E-state index in [9.17, 15) is 4.79 Å². The lowest BCUT2D eigenvalue weighted by Gasteiger charge is -2.26. The van der Waals surface area contributed by atoms with Crippen LogP contribution in [0.5, 0.6) is 17.2 Å².